The summed E-state index contributed by atoms with van der Waals surface area (Å²) in [4.78, 5) is 27.2. The number of hydrogen-bond donors (Lipinski definition) is 0. The molecule has 0 aromatic heterocycles. The smallest absolute Gasteiger partial charge is 0.429 e. The molecule has 3 rings (SSSR count). The molecule has 1 unspecified atom stereocenters. The average Bonchev–Trinajstić information content (AvgIpc) is 3.44. The number of nitrogens with zero attached hydrogens (tertiary/aromatic N) is 2. The summed E-state index contributed by atoms with van der Waals surface area (Å²) in [5.74, 6) is -0.188. The fourth-order valence-corrected chi connectivity index (χ4v) is 6.74. The van der Waals surface area contributed by atoms with Crippen molar-refractivity contribution in [1.82, 2.24) is 5.01 Å². The van der Waals surface area contributed by atoms with Crippen molar-refractivity contribution in [2.45, 2.75) is 116 Å². The number of anilines is 1. The summed E-state index contributed by atoms with van der Waals surface area (Å²) >= 11 is 6.51. The number of esters is 1. The van der Waals surface area contributed by atoms with Crippen molar-refractivity contribution >= 4 is 37.7 Å². The molecular weight excluding hydrogens is 592 g/mol. The molecule has 0 N–H and O–H groups in total. The molecule has 1 amide bonds. The third kappa shape index (κ3) is 8.37. The summed E-state index contributed by atoms with van der Waals surface area (Å²) in [6.45, 7) is 19.6. The van der Waals surface area contributed by atoms with Crippen molar-refractivity contribution in [3.05, 3.63) is 64.7 Å². The van der Waals surface area contributed by atoms with Crippen LogP contribution in [0.15, 0.2) is 48.5 Å². The van der Waals surface area contributed by atoms with E-state index in [4.69, 9.17) is 25.5 Å². The van der Waals surface area contributed by atoms with Crippen molar-refractivity contribution in [1.29, 1.82) is 0 Å². The zero-order valence-corrected chi connectivity index (χ0v) is 30.2. The molecule has 0 heterocycles. The summed E-state index contributed by atoms with van der Waals surface area (Å²) in [6, 6.07) is 15.1. The lowest BCUT2D eigenvalue weighted by Crippen LogP contribution is -2.53. The van der Waals surface area contributed by atoms with Crippen molar-refractivity contribution in [3.63, 3.8) is 0 Å². The first kappa shape index (κ1) is 35.9. The van der Waals surface area contributed by atoms with E-state index < -0.39 is 31.5 Å². The summed E-state index contributed by atoms with van der Waals surface area (Å²) in [7, 11) is -0.735. The number of benzene rings is 2. The minimum Gasteiger partial charge on any atom is -0.468 e. The lowest BCUT2D eigenvalue weighted by atomic mass is 9.79. The predicted octanol–water partition coefficient (Wildman–Crippen LogP) is 9.46. The highest BCUT2D eigenvalue weighted by Crippen LogP contribution is 2.43. The number of methoxy groups -OCH3 is 1. The molecule has 2 aromatic carbocycles. The number of hydrazine groups is 1. The standard InChI is InChI=1S/C35H53ClN2O5Si/c1-11-23-37(29-19-17-27(18-20-29)35(31(39)41-8)21-12-13-22-35)38(32(40)43-33(2,3)4)30(26-15-14-16-28(36)24-26)25-42-44(9,10)34(5,6)7/h14-20,24,30H,11-13,21-23,25H2,1-10H3. The fraction of sp³-hybridized carbons (Fsp3) is 0.600. The first-order chi connectivity index (χ1) is 20.5. The highest BCUT2D eigenvalue weighted by atomic mass is 35.5. The first-order valence-corrected chi connectivity index (χ1v) is 19.1. The maximum absolute atomic E-state index is 14.2. The van der Waals surface area contributed by atoms with Crippen LogP contribution in [0.3, 0.4) is 0 Å². The Morgan fingerprint density at radius 2 is 1.61 bits per heavy atom. The Labute approximate surface area is 271 Å². The number of halogens is 1. The molecule has 0 spiro atoms. The fourth-order valence-electron chi connectivity index (χ4n) is 5.54. The Hall–Kier alpha value is -2.55. The number of carbonyl (C=O) groups is 2. The number of hydrogen-bond acceptors (Lipinski definition) is 6. The zero-order chi connectivity index (χ0) is 32.9. The van der Waals surface area contributed by atoms with Crippen molar-refractivity contribution < 1.29 is 23.5 Å². The summed E-state index contributed by atoms with van der Waals surface area (Å²) in [6.07, 6.45) is 3.81. The number of rotatable bonds is 11. The Balaban J connectivity index is 2.16. The van der Waals surface area contributed by atoms with E-state index in [1.54, 1.807) is 5.01 Å². The molecule has 0 bridgehead atoms. The van der Waals surface area contributed by atoms with Crippen LogP contribution in [-0.2, 0) is 24.1 Å². The molecule has 0 radical (unpaired) electrons. The molecule has 0 saturated heterocycles. The molecule has 2 aromatic rings. The van der Waals surface area contributed by atoms with Gasteiger partial charge in [-0.3, -0.25) is 9.80 Å². The van der Waals surface area contributed by atoms with E-state index in [9.17, 15) is 9.59 Å². The molecular formula is C35H53ClN2O5Si. The topological polar surface area (TPSA) is 68.3 Å². The lowest BCUT2D eigenvalue weighted by molar-refractivity contribution is -0.147. The second kappa shape index (κ2) is 14.3. The lowest BCUT2D eigenvalue weighted by Gasteiger charge is -2.44. The van der Waals surface area contributed by atoms with Gasteiger partial charge in [0, 0.05) is 11.6 Å². The third-order valence-electron chi connectivity index (χ3n) is 8.96. The first-order valence-electron chi connectivity index (χ1n) is 15.8. The summed E-state index contributed by atoms with van der Waals surface area (Å²) < 4.78 is 18.1. The van der Waals surface area contributed by atoms with Gasteiger partial charge in [0.25, 0.3) is 0 Å². The van der Waals surface area contributed by atoms with Gasteiger partial charge in [0.05, 0.1) is 24.8 Å². The average molecular weight is 645 g/mol. The highest BCUT2D eigenvalue weighted by molar-refractivity contribution is 6.74. The number of carbonyl (C=O) groups excluding carboxylic acids is 2. The SMILES string of the molecule is CCCN(c1ccc(C2(C(=O)OC)CCCC2)cc1)N(C(=O)OC(C)(C)C)C(CO[Si](C)(C)C(C)(C)C)c1cccc(Cl)c1. The van der Waals surface area contributed by atoms with Gasteiger partial charge in [-0.25, -0.2) is 9.80 Å². The van der Waals surface area contributed by atoms with Crippen LogP contribution in [0.5, 0.6) is 0 Å². The molecule has 1 atom stereocenters. The Morgan fingerprint density at radius 1 is 1.00 bits per heavy atom. The van der Waals surface area contributed by atoms with Gasteiger partial charge >= 0.3 is 12.1 Å². The molecule has 0 aliphatic heterocycles. The molecule has 1 aliphatic rings. The monoisotopic (exact) mass is 644 g/mol. The second-order valence-electron chi connectivity index (χ2n) is 14.4. The van der Waals surface area contributed by atoms with Gasteiger partial charge in [-0.2, -0.15) is 0 Å². The minimum absolute atomic E-state index is 0.0165. The quantitative estimate of drug-likeness (QED) is 0.138. The van der Waals surface area contributed by atoms with Gasteiger partial charge in [-0.1, -0.05) is 76.4 Å². The van der Waals surface area contributed by atoms with Gasteiger partial charge in [0.1, 0.15) is 11.6 Å². The normalized spacial score (nSPS) is 15.9. The van der Waals surface area contributed by atoms with E-state index in [2.05, 4.69) is 40.8 Å². The summed E-state index contributed by atoms with van der Waals surface area (Å²) in [5, 5.41) is 4.25. The maximum Gasteiger partial charge on any atom is 0.429 e. The Bertz CT molecular complexity index is 1260. The van der Waals surface area contributed by atoms with Gasteiger partial charge in [0.2, 0.25) is 0 Å². The molecule has 9 heteroatoms. The van der Waals surface area contributed by atoms with E-state index >= 15 is 0 Å². The summed E-state index contributed by atoms with van der Waals surface area (Å²) in [5.41, 5.74) is 1.27. The van der Waals surface area contributed by atoms with Crippen molar-refractivity contribution in [2.75, 3.05) is 25.3 Å². The van der Waals surface area contributed by atoms with Crippen molar-refractivity contribution in [3.8, 4) is 0 Å². The molecule has 7 nitrogen and oxygen atoms in total. The largest absolute Gasteiger partial charge is 0.468 e. The van der Waals surface area contributed by atoms with Crippen LogP contribution in [0, 0.1) is 0 Å². The van der Waals surface area contributed by atoms with E-state index in [1.807, 2.05) is 74.3 Å². The molecule has 244 valence electrons. The maximum atomic E-state index is 14.2. The van der Waals surface area contributed by atoms with Crippen LogP contribution in [0.25, 0.3) is 0 Å². The number of ether oxygens (including phenoxy) is 2. The third-order valence-corrected chi connectivity index (χ3v) is 13.7. The van der Waals surface area contributed by atoms with Gasteiger partial charge < -0.3 is 13.9 Å². The van der Waals surface area contributed by atoms with Crippen LogP contribution in [0.2, 0.25) is 23.2 Å². The van der Waals surface area contributed by atoms with Crippen LogP contribution in [-0.4, -0.2) is 51.3 Å². The van der Waals surface area contributed by atoms with E-state index in [1.165, 1.54) is 7.11 Å². The number of amides is 1. The molecule has 44 heavy (non-hydrogen) atoms. The van der Waals surface area contributed by atoms with Gasteiger partial charge in [-0.05, 0) is 93.6 Å². The molecule has 1 aliphatic carbocycles. The van der Waals surface area contributed by atoms with Gasteiger partial charge in [-0.15, -0.1) is 0 Å². The molecule has 1 fully saturated rings. The van der Waals surface area contributed by atoms with E-state index in [0.29, 0.717) is 11.6 Å². The van der Waals surface area contributed by atoms with E-state index in [-0.39, 0.29) is 17.6 Å². The highest BCUT2D eigenvalue weighted by Gasteiger charge is 2.44. The van der Waals surface area contributed by atoms with Crippen LogP contribution >= 0.6 is 11.6 Å². The molecule has 1 saturated carbocycles. The predicted molar refractivity (Wildman–Crippen MR) is 182 cm³/mol. The van der Waals surface area contributed by atoms with Crippen LogP contribution < -0.4 is 5.01 Å². The van der Waals surface area contributed by atoms with Crippen molar-refractivity contribution in [2.24, 2.45) is 0 Å². The van der Waals surface area contributed by atoms with Crippen LogP contribution in [0.4, 0.5) is 10.5 Å². The second-order valence-corrected chi connectivity index (χ2v) is 19.7. The Kier molecular flexibility index (Phi) is 11.6. The van der Waals surface area contributed by atoms with Gasteiger partial charge in [0.15, 0.2) is 8.32 Å². The zero-order valence-electron chi connectivity index (χ0n) is 28.5. The van der Waals surface area contributed by atoms with E-state index in [0.717, 1.165) is 48.9 Å². The Morgan fingerprint density at radius 3 is 2.11 bits per heavy atom. The van der Waals surface area contributed by atoms with Crippen LogP contribution in [0.1, 0.15) is 97.7 Å². The minimum atomic E-state index is -2.19.